The molecule has 25 heavy (non-hydrogen) atoms. The van der Waals surface area contributed by atoms with E-state index in [0.717, 1.165) is 30.2 Å². The van der Waals surface area contributed by atoms with Crippen LogP contribution in [0.1, 0.15) is 27.2 Å². The molecule has 1 saturated heterocycles. The Morgan fingerprint density at radius 3 is 2.56 bits per heavy atom. The minimum absolute atomic E-state index is 0.118. The predicted molar refractivity (Wildman–Crippen MR) is 103 cm³/mol. The third kappa shape index (κ3) is 3.67. The van der Waals surface area contributed by atoms with Gasteiger partial charge in [0.05, 0.1) is 5.02 Å². The maximum atomic E-state index is 12.9. The van der Waals surface area contributed by atoms with Crippen LogP contribution in [0.25, 0.3) is 0 Å². The molecule has 3 rings (SSSR count). The van der Waals surface area contributed by atoms with Crippen molar-refractivity contribution >= 4 is 40.7 Å². The van der Waals surface area contributed by atoms with E-state index in [4.69, 9.17) is 23.2 Å². The molecule has 1 aromatic heterocycles. The molecule has 0 aliphatic carbocycles. The number of carbonyl (C=O) groups is 1. The van der Waals surface area contributed by atoms with Crippen LogP contribution >= 0.6 is 35.0 Å². The minimum atomic E-state index is -0.378. The molecule has 0 atom stereocenters. The molecule has 1 fully saturated rings. The number of hydrogen-bond donors (Lipinski definition) is 1. The molecule has 1 N–H and O–H groups in total. The van der Waals surface area contributed by atoms with Gasteiger partial charge in [0, 0.05) is 60.0 Å². The van der Waals surface area contributed by atoms with Crippen molar-refractivity contribution in [3.05, 3.63) is 54.9 Å². The Labute approximate surface area is 160 Å². The second-order valence-corrected chi connectivity index (χ2v) is 8.09. The SMILES string of the molecule is Cc1[nH]n(C)c(=O)c1C(=O)c1ccc(Cl)c(CN2CCSCC2)c1Cl. The molecule has 8 heteroatoms. The summed E-state index contributed by atoms with van der Waals surface area (Å²) in [7, 11) is 1.58. The van der Waals surface area contributed by atoms with Crippen molar-refractivity contribution in [2.24, 2.45) is 7.05 Å². The lowest BCUT2D eigenvalue weighted by Crippen LogP contribution is -2.32. The molecule has 2 aromatic rings. The lowest BCUT2D eigenvalue weighted by Gasteiger charge is -2.27. The molecule has 0 bridgehead atoms. The van der Waals surface area contributed by atoms with Crippen molar-refractivity contribution in [3.8, 4) is 0 Å². The van der Waals surface area contributed by atoms with E-state index < -0.39 is 0 Å². The first-order valence-corrected chi connectivity index (χ1v) is 9.88. The van der Waals surface area contributed by atoms with Crippen LogP contribution in [-0.4, -0.2) is 45.1 Å². The standard InChI is InChI=1S/C17H19Cl2N3O2S/c1-10-14(17(24)21(2)20-10)16(23)11-3-4-13(18)12(15(11)19)9-22-5-7-25-8-6-22/h3-4,20H,5-9H2,1-2H3. The molecule has 5 nitrogen and oxygen atoms in total. The maximum Gasteiger partial charge on any atom is 0.277 e. The van der Waals surface area contributed by atoms with E-state index >= 15 is 0 Å². The van der Waals surface area contributed by atoms with E-state index in [1.165, 1.54) is 4.68 Å². The van der Waals surface area contributed by atoms with E-state index in [1.807, 2.05) is 11.8 Å². The van der Waals surface area contributed by atoms with Crippen LogP contribution in [0, 0.1) is 6.92 Å². The van der Waals surface area contributed by atoms with Gasteiger partial charge in [-0.25, -0.2) is 0 Å². The van der Waals surface area contributed by atoms with Crippen LogP contribution in [0.5, 0.6) is 0 Å². The second-order valence-electron chi connectivity index (χ2n) is 6.08. The highest BCUT2D eigenvalue weighted by atomic mass is 35.5. The average Bonchev–Trinajstić information content (AvgIpc) is 2.84. The van der Waals surface area contributed by atoms with E-state index in [-0.39, 0.29) is 16.9 Å². The van der Waals surface area contributed by atoms with Gasteiger partial charge in [-0.1, -0.05) is 23.2 Å². The van der Waals surface area contributed by atoms with Gasteiger partial charge in [-0.15, -0.1) is 0 Å². The Kier molecular flexibility index (Phi) is 5.63. The number of ketones is 1. The number of hydrogen-bond acceptors (Lipinski definition) is 4. The number of thioether (sulfide) groups is 1. The molecule has 0 radical (unpaired) electrons. The molecule has 1 aliphatic rings. The predicted octanol–water partition coefficient (Wildman–Crippen LogP) is 3.11. The molecule has 0 spiro atoms. The lowest BCUT2D eigenvalue weighted by atomic mass is 10.0. The summed E-state index contributed by atoms with van der Waals surface area (Å²) >= 11 is 14.8. The van der Waals surface area contributed by atoms with Gasteiger partial charge >= 0.3 is 0 Å². The Balaban J connectivity index is 1.98. The third-order valence-corrected chi connectivity index (χ3v) is 6.10. The molecule has 1 aromatic carbocycles. The van der Waals surface area contributed by atoms with E-state index in [9.17, 15) is 9.59 Å². The van der Waals surface area contributed by atoms with Gasteiger partial charge in [0.2, 0.25) is 5.78 Å². The van der Waals surface area contributed by atoms with Gasteiger partial charge in [0.1, 0.15) is 5.56 Å². The van der Waals surface area contributed by atoms with E-state index in [0.29, 0.717) is 27.8 Å². The highest BCUT2D eigenvalue weighted by Crippen LogP contribution is 2.31. The summed E-state index contributed by atoms with van der Waals surface area (Å²) < 4.78 is 1.29. The van der Waals surface area contributed by atoms with Crippen molar-refractivity contribution in [1.82, 2.24) is 14.7 Å². The van der Waals surface area contributed by atoms with Crippen LogP contribution in [0.15, 0.2) is 16.9 Å². The number of nitrogens with one attached hydrogen (secondary N) is 1. The number of carbonyl (C=O) groups excluding carboxylic acids is 1. The maximum absolute atomic E-state index is 12.9. The quantitative estimate of drug-likeness (QED) is 0.802. The summed E-state index contributed by atoms with van der Waals surface area (Å²) in [5, 5.41) is 3.71. The fraction of sp³-hybridized carbons (Fsp3) is 0.412. The van der Waals surface area contributed by atoms with Gasteiger partial charge in [-0.3, -0.25) is 24.3 Å². The zero-order chi connectivity index (χ0) is 18.1. The smallest absolute Gasteiger partial charge is 0.277 e. The van der Waals surface area contributed by atoms with Gasteiger partial charge in [0.15, 0.2) is 0 Å². The van der Waals surface area contributed by atoms with E-state index in [1.54, 1.807) is 26.1 Å². The molecule has 0 amide bonds. The molecule has 134 valence electrons. The normalized spacial score (nSPS) is 15.5. The Morgan fingerprint density at radius 2 is 1.96 bits per heavy atom. The largest absolute Gasteiger partial charge is 0.299 e. The number of rotatable bonds is 4. The topological polar surface area (TPSA) is 58.1 Å². The average molecular weight is 400 g/mol. The lowest BCUT2D eigenvalue weighted by molar-refractivity contribution is 0.103. The molecule has 0 unspecified atom stereocenters. The summed E-state index contributed by atoms with van der Waals surface area (Å²) in [5.41, 5.74) is 1.34. The number of halogens is 2. The number of aryl methyl sites for hydroxylation is 2. The molecular weight excluding hydrogens is 381 g/mol. The van der Waals surface area contributed by atoms with Crippen LogP contribution in [0.3, 0.4) is 0 Å². The summed E-state index contributed by atoms with van der Waals surface area (Å²) in [6.07, 6.45) is 0. The Bertz CT molecular complexity index is 870. The van der Waals surface area contributed by atoms with Crippen LogP contribution in [-0.2, 0) is 13.6 Å². The molecule has 2 heterocycles. The number of aromatic nitrogens is 2. The highest BCUT2D eigenvalue weighted by molar-refractivity contribution is 7.99. The Hall–Kier alpha value is -1.21. The summed E-state index contributed by atoms with van der Waals surface area (Å²) in [6, 6.07) is 3.27. The summed E-state index contributed by atoms with van der Waals surface area (Å²) in [6.45, 7) is 4.23. The van der Waals surface area contributed by atoms with E-state index in [2.05, 4.69) is 10.00 Å². The third-order valence-electron chi connectivity index (χ3n) is 4.37. The molecule has 1 aliphatic heterocycles. The van der Waals surface area contributed by atoms with Crippen molar-refractivity contribution < 1.29 is 4.79 Å². The first-order chi connectivity index (χ1) is 11.9. The monoisotopic (exact) mass is 399 g/mol. The molecular formula is C17H19Cl2N3O2S. The van der Waals surface area contributed by atoms with Gasteiger partial charge in [0.25, 0.3) is 5.56 Å². The second kappa shape index (κ2) is 7.58. The molecule has 0 saturated carbocycles. The number of benzene rings is 1. The van der Waals surface area contributed by atoms with Crippen molar-refractivity contribution in [2.45, 2.75) is 13.5 Å². The van der Waals surface area contributed by atoms with Gasteiger partial charge in [-0.05, 0) is 19.1 Å². The fourth-order valence-electron chi connectivity index (χ4n) is 2.99. The summed E-state index contributed by atoms with van der Waals surface area (Å²) in [4.78, 5) is 27.4. The van der Waals surface area contributed by atoms with Crippen LogP contribution < -0.4 is 5.56 Å². The van der Waals surface area contributed by atoms with Gasteiger partial charge < -0.3 is 0 Å². The van der Waals surface area contributed by atoms with Crippen molar-refractivity contribution in [2.75, 3.05) is 24.6 Å². The first kappa shape index (κ1) is 18.6. The van der Waals surface area contributed by atoms with Crippen molar-refractivity contribution in [1.29, 1.82) is 0 Å². The van der Waals surface area contributed by atoms with Crippen LogP contribution in [0.2, 0.25) is 10.0 Å². The minimum Gasteiger partial charge on any atom is -0.299 e. The fourth-order valence-corrected chi connectivity index (χ4v) is 4.54. The van der Waals surface area contributed by atoms with Crippen molar-refractivity contribution in [3.63, 3.8) is 0 Å². The number of nitrogens with zero attached hydrogens (tertiary/aromatic N) is 2. The zero-order valence-corrected chi connectivity index (χ0v) is 16.4. The zero-order valence-electron chi connectivity index (χ0n) is 14.1. The Morgan fingerprint density at radius 1 is 1.28 bits per heavy atom. The van der Waals surface area contributed by atoms with Gasteiger partial charge in [-0.2, -0.15) is 11.8 Å². The summed E-state index contributed by atoms with van der Waals surface area (Å²) in [5.74, 6) is 1.77. The first-order valence-electron chi connectivity index (χ1n) is 7.97. The van der Waals surface area contributed by atoms with Crippen LogP contribution in [0.4, 0.5) is 0 Å². The number of H-pyrrole nitrogens is 1. The number of aromatic amines is 1. The highest BCUT2D eigenvalue weighted by Gasteiger charge is 2.24.